The monoisotopic (exact) mass is 405 g/mol. The van der Waals surface area contributed by atoms with Crippen molar-refractivity contribution in [3.05, 3.63) is 66.0 Å². The van der Waals surface area contributed by atoms with Gasteiger partial charge in [0.1, 0.15) is 17.8 Å². The second-order valence-corrected chi connectivity index (χ2v) is 8.59. The standard InChI is InChI=1S/C22H27N7O/c1-3-29-10-9-19(25-29)21(30)28-14-22(15-28)13-27(11-17-7-5-4-6-8-17)12-18(22)20-24-23-16-26(20)2/h4-10,16,18H,3,11-15H2,1-2H3. The summed E-state index contributed by atoms with van der Waals surface area (Å²) in [5.41, 5.74) is 1.85. The Hall–Kier alpha value is -3.00. The van der Waals surface area contributed by atoms with E-state index in [2.05, 4.69) is 44.5 Å². The van der Waals surface area contributed by atoms with E-state index in [1.54, 1.807) is 11.0 Å². The molecule has 2 aromatic heterocycles. The number of aromatic nitrogens is 5. The summed E-state index contributed by atoms with van der Waals surface area (Å²) in [6.45, 7) is 7.03. The van der Waals surface area contributed by atoms with Crippen LogP contribution in [0.5, 0.6) is 0 Å². The van der Waals surface area contributed by atoms with Crippen molar-refractivity contribution in [3.63, 3.8) is 0 Å². The average Bonchev–Trinajstić information content (AvgIpc) is 3.45. The number of amides is 1. The van der Waals surface area contributed by atoms with Gasteiger partial charge in [-0.2, -0.15) is 5.10 Å². The van der Waals surface area contributed by atoms with Crippen molar-refractivity contribution in [2.24, 2.45) is 12.5 Å². The molecular weight excluding hydrogens is 378 g/mol. The van der Waals surface area contributed by atoms with Crippen LogP contribution in [-0.4, -0.2) is 66.4 Å². The van der Waals surface area contributed by atoms with Gasteiger partial charge in [-0.1, -0.05) is 30.3 Å². The van der Waals surface area contributed by atoms with Crippen molar-refractivity contribution in [2.45, 2.75) is 25.9 Å². The summed E-state index contributed by atoms with van der Waals surface area (Å²) in [6, 6.07) is 12.4. The van der Waals surface area contributed by atoms with Gasteiger partial charge in [0.15, 0.2) is 0 Å². The number of nitrogens with zero attached hydrogens (tertiary/aromatic N) is 7. The molecule has 8 nitrogen and oxygen atoms in total. The van der Waals surface area contributed by atoms with Crippen LogP contribution in [0.15, 0.2) is 48.9 Å². The predicted octanol–water partition coefficient (Wildman–Crippen LogP) is 1.77. The molecule has 30 heavy (non-hydrogen) atoms. The van der Waals surface area contributed by atoms with Crippen molar-refractivity contribution in [3.8, 4) is 0 Å². The number of likely N-dealkylation sites (tertiary alicyclic amines) is 2. The van der Waals surface area contributed by atoms with Gasteiger partial charge in [0, 0.05) is 63.8 Å². The summed E-state index contributed by atoms with van der Waals surface area (Å²) in [4.78, 5) is 17.3. The van der Waals surface area contributed by atoms with Gasteiger partial charge >= 0.3 is 0 Å². The molecule has 1 atom stereocenters. The summed E-state index contributed by atoms with van der Waals surface area (Å²) in [5, 5.41) is 12.9. The molecule has 2 saturated heterocycles. The number of hydrogen-bond acceptors (Lipinski definition) is 5. The first kappa shape index (κ1) is 19.0. The second-order valence-electron chi connectivity index (χ2n) is 8.59. The Balaban J connectivity index is 1.35. The zero-order valence-corrected chi connectivity index (χ0v) is 17.5. The zero-order chi connectivity index (χ0) is 20.7. The average molecular weight is 406 g/mol. The first-order chi connectivity index (χ1) is 14.6. The minimum atomic E-state index is 0.0125. The fourth-order valence-corrected chi connectivity index (χ4v) is 4.99. The van der Waals surface area contributed by atoms with Crippen LogP contribution in [0, 0.1) is 5.41 Å². The van der Waals surface area contributed by atoms with Crippen LogP contribution in [0.4, 0.5) is 0 Å². The molecule has 2 aliphatic rings. The normalized spacial score (nSPS) is 20.6. The fourth-order valence-electron chi connectivity index (χ4n) is 4.99. The number of carbonyl (C=O) groups is 1. The Kier molecular flexibility index (Phi) is 4.66. The summed E-state index contributed by atoms with van der Waals surface area (Å²) in [6.07, 6.45) is 3.63. The third kappa shape index (κ3) is 3.21. The van der Waals surface area contributed by atoms with Gasteiger partial charge in [0.2, 0.25) is 0 Å². The Morgan fingerprint density at radius 3 is 2.63 bits per heavy atom. The van der Waals surface area contributed by atoms with Crippen LogP contribution >= 0.6 is 0 Å². The molecule has 1 amide bonds. The lowest BCUT2D eigenvalue weighted by molar-refractivity contribution is 0.000921. The van der Waals surface area contributed by atoms with Crippen LogP contribution in [0.2, 0.25) is 0 Å². The second kappa shape index (κ2) is 7.36. The summed E-state index contributed by atoms with van der Waals surface area (Å²) in [5.74, 6) is 1.28. The van der Waals surface area contributed by atoms with Crippen molar-refractivity contribution < 1.29 is 4.79 Å². The third-order valence-electron chi connectivity index (χ3n) is 6.51. The molecule has 0 bridgehead atoms. The Morgan fingerprint density at radius 1 is 1.17 bits per heavy atom. The molecule has 1 spiro atoms. The highest BCUT2D eigenvalue weighted by atomic mass is 16.2. The van der Waals surface area contributed by atoms with E-state index in [9.17, 15) is 4.79 Å². The van der Waals surface area contributed by atoms with Crippen LogP contribution in [-0.2, 0) is 20.1 Å². The van der Waals surface area contributed by atoms with E-state index >= 15 is 0 Å². The molecule has 1 aromatic carbocycles. The topological polar surface area (TPSA) is 72.1 Å². The van der Waals surface area contributed by atoms with Gasteiger partial charge in [-0.05, 0) is 18.6 Å². The maximum Gasteiger partial charge on any atom is 0.274 e. The largest absolute Gasteiger partial charge is 0.336 e. The van der Waals surface area contributed by atoms with Crippen LogP contribution in [0.1, 0.15) is 34.7 Å². The summed E-state index contributed by atoms with van der Waals surface area (Å²) in [7, 11) is 2.00. The molecule has 0 aliphatic carbocycles. The molecule has 0 radical (unpaired) electrons. The van der Waals surface area contributed by atoms with E-state index in [4.69, 9.17) is 0 Å². The van der Waals surface area contributed by atoms with Gasteiger partial charge in [-0.25, -0.2) is 0 Å². The lowest BCUT2D eigenvalue weighted by Crippen LogP contribution is -2.61. The highest BCUT2D eigenvalue weighted by molar-refractivity contribution is 5.93. The predicted molar refractivity (Wildman–Crippen MR) is 112 cm³/mol. The molecule has 2 fully saturated rings. The van der Waals surface area contributed by atoms with Crippen LogP contribution < -0.4 is 0 Å². The molecule has 3 aromatic rings. The quantitative estimate of drug-likeness (QED) is 0.647. The highest BCUT2D eigenvalue weighted by Crippen LogP contribution is 2.49. The van der Waals surface area contributed by atoms with Gasteiger partial charge < -0.3 is 9.47 Å². The van der Waals surface area contributed by atoms with Gasteiger partial charge in [0.25, 0.3) is 5.91 Å². The number of aryl methyl sites for hydroxylation is 2. The van der Waals surface area contributed by atoms with Crippen LogP contribution in [0.25, 0.3) is 0 Å². The third-order valence-corrected chi connectivity index (χ3v) is 6.51. The summed E-state index contributed by atoms with van der Waals surface area (Å²) >= 11 is 0. The smallest absolute Gasteiger partial charge is 0.274 e. The molecule has 0 N–H and O–H groups in total. The van der Waals surface area contributed by atoms with Gasteiger partial charge in [-0.3, -0.25) is 14.4 Å². The van der Waals surface area contributed by atoms with E-state index < -0.39 is 0 Å². The lowest BCUT2D eigenvalue weighted by atomic mass is 9.71. The number of hydrogen-bond donors (Lipinski definition) is 0. The molecular formula is C22H27N7O. The zero-order valence-electron chi connectivity index (χ0n) is 17.5. The van der Waals surface area contributed by atoms with Crippen molar-refractivity contribution in [2.75, 3.05) is 26.2 Å². The van der Waals surface area contributed by atoms with Crippen molar-refractivity contribution in [1.29, 1.82) is 0 Å². The molecule has 8 heteroatoms. The first-order valence-corrected chi connectivity index (χ1v) is 10.5. The number of rotatable bonds is 5. The Morgan fingerprint density at radius 2 is 1.97 bits per heavy atom. The maximum absolute atomic E-state index is 12.9. The minimum absolute atomic E-state index is 0.0125. The molecule has 1 unspecified atom stereocenters. The van der Waals surface area contributed by atoms with E-state index in [-0.39, 0.29) is 17.2 Å². The molecule has 5 rings (SSSR count). The van der Waals surface area contributed by atoms with Crippen molar-refractivity contribution in [1.82, 2.24) is 34.3 Å². The lowest BCUT2D eigenvalue weighted by Gasteiger charge is -2.50. The summed E-state index contributed by atoms with van der Waals surface area (Å²) < 4.78 is 3.81. The van der Waals surface area contributed by atoms with Gasteiger partial charge in [-0.15, -0.1) is 10.2 Å². The molecule has 0 saturated carbocycles. The Labute approximate surface area is 176 Å². The van der Waals surface area contributed by atoms with Crippen molar-refractivity contribution >= 4 is 5.91 Å². The maximum atomic E-state index is 12.9. The first-order valence-electron chi connectivity index (χ1n) is 10.5. The number of benzene rings is 1. The minimum Gasteiger partial charge on any atom is -0.336 e. The molecule has 2 aliphatic heterocycles. The highest BCUT2D eigenvalue weighted by Gasteiger charge is 2.57. The SMILES string of the molecule is CCn1ccc(C(=O)N2CC3(CN(Cc4ccccc4)CC3c3nncn3C)C2)n1. The molecule has 156 valence electrons. The van der Waals surface area contributed by atoms with Crippen LogP contribution in [0.3, 0.4) is 0 Å². The Bertz CT molecular complexity index is 1030. The van der Waals surface area contributed by atoms with Gasteiger partial charge in [0.05, 0.1) is 0 Å². The molecule has 4 heterocycles. The van der Waals surface area contributed by atoms with E-state index in [1.807, 2.05) is 41.8 Å². The number of carbonyl (C=O) groups excluding carboxylic acids is 1. The fraction of sp³-hybridized carbons (Fsp3) is 0.455. The van der Waals surface area contributed by atoms with E-state index in [0.717, 1.165) is 45.1 Å². The van der Waals surface area contributed by atoms with E-state index in [0.29, 0.717) is 5.69 Å². The van der Waals surface area contributed by atoms with E-state index in [1.165, 1.54) is 5.56 Å².